The number of carboxylic acid groups (broad SMARTS) is 1. The van der Waals surface area contributed by atoms with E-state index < -0.39 is 12.6 Å². The van der Waals surface area contributed by atoms with Crippen molar-refractivity contribution in [3.05, 3.63) is 23.8 Å². The number of nitrogens with one attached hydrogen (secondary N) is 1. The fourth-order valence-electron chi connectivity index (χ4n) is 4.14. The Bertz CT molecular complexity index is 693. The second-order valence-electron chi connectivity index (χ2n) is 7.53. The summed E-state index contributed by atoms with van der Waals surface area (Å²) in [6, 6.07) is 4.91. The molecule has 2 fully saturated rings. The summed E-state index contributed by atoms with van der Waals surface area (Å²) in [4.78, 5) is 23.5. The molecule has 1 aromatic carbocycles. The zero-order valence-electron chi connectivity index (χ0n) is 16.4. The standard InChI is InChI=1S/C21H29NO6/c1-2-26-18-12-15(6-7-17(18)27-14-19(23)24)20(25)22-16-8-11-28-21(13-16)9-4-3-5-10-21/h6-7,12,16H,2-5,8-11,13-14H2,1H3,(H,22,25)(H,23,24). The van der Waals surface area contributed by atoms with E-state index in [0.29, 0.717) is 30.3 Å². The molecule has 1 aliphatic carbocycles. The highest BCUT2D eigenvalue weighted by Crippen LogP contribution is 2.38. The Balaban J connectivity index is 1.66. The Hall–Kier alpha value is -2.28. The van der Waals surface area contributed by atoms with Crippen LogP contribution in [0, 0.1) is 0 Å². The van der Waals surface area contributed by atoms with Crippen LogP contribution in [0.25, 0.3) is 0 Å². The van der Waals surface area contributed by atoms with Crippen LogP contribution in [0.2, 0.25) is 0 Å². The van der Waals surface area contributed by atoms with Gasteiger partial charge in [-0.25, -0.2) is 4.79 Å². The van der Waals surface area contributed by atoms with Gasteiger partial charge < -0.3 is 24.6 Å². The minimum absolute atomic E-state index is 0.0700. The van der Waals surface area contributed by atoms with Crippen LogP contribution in [0.15, 0.2) is 18.2 Å². The molecule has 1 amide bonds. The molecule has 3 rings (SSSR count). The fourth-order valence-corrected chi connectivity index (χ4v) is 4.14. The molecule has 1 atom stereocenters. The lowest BCUT2D eigenvalue weighted by atomic mass is 9.78. The van der Waals surface area contributed by atoms with Crippen LogP contribution in [0.1, 0.15) is 62.2 Å². The van der Waals surface area contributed by atoms with E-state index in [0.717, 1.165) is 25.7 Å². The maximum absolute atomic E-state index is 12.8. The molecule has 154 valence electrons. The normalized spacial score (nSPS) is 21.1. The number of hydrogen-bond acceptors (Lipinski definition) is 5. The Kier molecular flexibility index (Phi) is 6.78. The van der Waals surface area contributed by atoms with Gasteiger partial charge in [0.05, 0.1) is 12.2 Å². The lowest BCUT2D eigenvalue weighted by molar-refractivity contribution is -0.139. The molecule has 1 aromatic rings. The lowest BCUT2D eigenvalue weighted by Crippen LogP contribution is -2.49. The van der Waals surface area contributed by atoms with Gasteiger partial charge in [-0.05, 0) is 50.8 Å². The third-order valence-electron chi connectivity index (χ3n) is 5.45. The van der Waals surface area contributed by atoms with Crippen LogP contribution >= 0.6 is 0 Å². The number of ether oxygens (including phenoxy) is 3. The maximum Gasteiger partial charge on any atom is 0.341 e. The first-order chi connectivity index (χ1) is 13.5. The smallest absolute Gasteiger partial charge is 0.341 e. The second-order valence-corrected chi connectivity index (χ2v) is 7.53. The summed E-state index contributed by atoms with van der Waals surface area (Å²) in [6.07, 6.45) is 7.46. The van der Waals surface area contributed by atoms with E-state index in [1.54, 1.807) is 18.2 Å². The second kappa shape index (κ2) is 9.28. The van der Waals surface area contributed by atoms with Crippen molar-refractivity contribution >= 4 is 11.9 Å². The number of carbonyl (C=O) groups excluding carboxylic acids is 1. The van der Waals surface area contributed by atoms with Crippen LogP contribution in [0.3, 0.4) is 0 Å². The van der Waals surface area contributed by atoms with Crippen LogP contribution in [0.5, 0.6) is 11.5 Å². The zero-order chi connectivity index (χ0) is 20.0. The molecule has 7 heteroatoms. The molecule has 1 spiro atoms. The van der Waals surface area contributed by atoms with Gasteiger partial charge in [-0.3, -0.25) is 4.79 Å². The minimum atomic E-state index is -1.07. The van der Waals surface area contributed by atoms with E-state index in [2.05, 4.69) is 5.32 Å². The third-order valence-corrected chi connectivity index (χ3v) is 5.45. The fraction of sp³-hybridized carbons (Fsp3) is 0.619. The summed E-state index contributed by atoms with van der Waals surface area (Å²) >= 11 is 0. The molecule has 0 radical (unpaired) electrons. The highest BCUT2D eigenvalue weighted by Gasteiger charge is 2.38. The highest BCUT2D eigenvalue weighted by molar-refractivity contribution is 5.95. The van der Waals surface area contributed by atoms with Crippen molar-refractivity contribution in [3.63, 3.8) is 0 Å². The van der Waals surface area contributed by atoms with Crippen molar-refractivity contribution in [2.24, 2.45) is 0 Å². The van der Waals surface area contributed by atoms with Gasteiger partial charge in [0.15, 0.2) is 18.1 Å². The average molecular weight is 391 g/mol. The maximum atomic E-state index is 12.8. The van der Waals surface area contributed by atoms with Gasteiger partial charge in [-0.2, -0.15) is 0 Å². The predicted molar refractivity (Wildman–Crippen MR) is 103 cm³/mol. The summed E-state index contributed by atoms with van der Waals surface area (Å²) in [7, 11) is 0. The van der Waals surface area contributed by atoms with Crippen molar-refractivity contribution in [3.8, 4) is 11.5 Å². The third kappa shape index (κ3) is 5.16. The summed E-state index contributed by atoms with van der Waals surface area (Å²) in [6.45, 7) is 2.42. The molecule has 0 aromatic heterocycles. The predicted octanol–water partition coefficient (Wildman–Crippen LogP) is 3.16. The molecule has 1 heterocycles. The first kappa shape index (κ1) is 20.5. The molecule has 1 saturated heterocycles. The van der Waals surface area contributed by atoms with E-state index in [-0.39, 0.29) is 17.6 Å². The van der Waals surface area contributed by atoms with Crippen LogP contribution in [-0.4, -0.2) is 48.4 Å². The van der Waals surface area contributed by atoms with Crippen molar-refractivity contribution in [2.45, 2.75) is 63.5 Å². The largest absolute Gasteiger partial charge is 0.490 e. The van der Waals surface area contributed by atoms with E-state index >= 15 is 0 Å². The van der Waals surface area contributed by atoms with Crippen LogP contribution < -0.4 is 14.8 Å². The minimum Gasteiger partial charge on any atom is -0.490 e. The van der Waals surface area contributed by atoms with E-state index in [9.17, 15) is 9.59 Å². The molecular weight excluding hydrogens is 362 g/mol. The molecule has 2 N–H and O–H groups in total. The number of benzene rings is 1. The molecule has 1 unspecified atom stereocenters. The zero-order valence-corrected chi connectivity index (χ0v) is 16.4. The Morgan fingerprint density at radius 3 is 2.71 bits per heavy atom. The first-order valence-corrected chi connectivity index (χ1v) is 10.1. The summed E-state index contributed by atoms with van der Waals surface area (Å²) in [5.74, 6) is -0.552. The summed E-state index contributed by atoms with van der Waals surface area (Å²) < 4.78 is 16.9. The van der Waals surface area contributed by atoms with E-state index in [4.69, 9.17) is 19.3 Å². The average Bonchev–Trinajstić information content (AvgIpc) is 2.67. The molecular formula is C21H29NO6. The molecule has 28 heavy (non-hydrogen) atoms. The van der Waals surface area contributed by atoms with Gasteiger partial charge in [0.2, 0.25) is 0 Å². The molecule has 2 aliphatic rings. The van der Waals surface area contributed by atoms with Gasteiger partial charge in [0.1, 0.15) is 0 Å². The monoisotopic (exact) mass is 391 g/mol. The van der Waals surface area contributed by atoms with Gasteiger partial charge in [0.25, 0.3) is 5.91 Å². The molecule has 0 bridgehead atoms. The quantitative estimate of drug-likeness (QED) is 0.741. The number of amides is 1. The first-order valence-electron chi connectivity index (χ1n) is 10.1. The topological polar surface area (TPSA) is 94.1 Å². The van der Waals surface area contributed by atoms with Crippen molar-refractivity contribution in [1.82, 2.24) is 5.32 Å². The van der Waals surface area contributed by atoms with Crippen molar-refractivity contribution in [1.29, 1.82) is 0 Å². The number of rotatable bonds is 7. The van der Waals surface area contributed by atoms with E-state index in [1.165, 1.54) is 19.3 Å². The summed E-state index contributed by atoms with van der Waals surface area (Å²) in [5.41, 5.74) is 0.398. The van der Waals surface area contributed by atoms with Gasteiger partial charge >= 0.3 is 5.97 Å². The van der Waals surface area contributed by atoms with Gasteiger partial charge in [-0.15, -0.1) is 0 Å². The van der Waals surface area contributed by atoms with Crippen LogP contribution in [-0.2, 0) is 9.53 Å². The SMILES string of the molecule is CCOc1cc(C(=O)NC2CCOC3(CCCCC3)C2)ccc1OCC(=O)O. The Morgan fingerprint density at radius 1 is 1.21 bits per heavy atom. The molecule has 1 aliphatic heterocycles. The molecule has 1 saturated carbocycles. The van der Waals surface area contributed by atoms with Crippen molar-refractivity contribution < 1.29 is 28.9 Å². The van der Waals surface area contributed by atoms with Crippen LogP contribution in [0.4, 0.5) is 0 Å². The van der Waals surface area contributed by atoms with Crippen molar-refractivity contribution in [2.75, 3.05) is 19.8 Å². The number of hydrogen-bond donors (Lipinski definition) is 2. The molecule has 7 nitrogen and oxygen atoms in total. The highest BCUT2D eigenvalue weighted by atomic mass is 16.5. The Morgan fingerprint density at radius 2 is 2.00 bits per heavy atom. The number of carbonyl (C=O) groups is 2. The number of aliphatic carboxylic acids is 1. The number of carboxylic acids is 1. The van der Waals surface area contributed by atoms with E-state index in [1.807, 2.05) is 6.92 Å². The Labute approximate surface area is 165 Å². The summed E-state index contributed by atoms with van der Waals surface area (Å²) in [5, 5.41) is 11.9. The lowest BCUT2D eigenvalue weighted by Gasteiger charge is -2.43. The van der Waals surface area contributed by atoms with Gasteiger partial charge in [-0.1, -0.05) is 19.3 Å². The van der Waals surface area contributed by atoms with Gasteiger partial charge in [0, 0.05) is 18.2 Å².